The number of nitrogens with zero attached hydrogens (tertiary/aromatic N) is 1. The average molecular weight is 259 g/mol. The molecule has 0 saturated carbocycles. The van der Waals surface area contributed by atoms with Crippen molar-refractivity contribution >= 4 is 0 Å². The van der Waals surface area contributed by atoms with E-state index >= 15 is 0 Å². The molecule has 0 fully saturated rings. The Hall–Kier alpha value is -2.07. The molecule has 1 aromatic carbocycles. The molecule has 1 N–H and O–H groups in total. The number of benzene rings is 1. The smallest absolute Gasteiger partial charge is 0.128 e. The van der Waals surface area contributed by atoms with Gasteiger partial charge in [0, 0.05) is 30.4 Å². The largest absolute Gasteiger partial charge is 0.497 e. The summed E-state index contributed by atoms with van der Waals surface area (Å²) in [4.78, 5) is 4.06. The molecule has 4 heteroatoms. The Morgan fingerprint density at radius 1 is 1.26 bits per heavy atom. The lowest BCUT2D eigenvalue weighted by molar-refractivity contribution is 0.263. The highest BCUT2D eigenvalue weighted by molar-refractivity contribution is 5.40. The fourth-order valence-corrected chi connectivity index (χ4v) is 1.75. The van der Waals surface area contributed by atoms with Crippen molar-refractivity contribution in [2.24, 2.45) is 0 Å². The molecule has 100 valence electrons. The van der Waals surface area contributed by atoms with Crippen molar-refractivity contribution in [1.82, 2.24) is 4.98 Å². The summed E-state index contributed by atoms with van der Waals surface area (Å²) in [5.74, 6) is 1.37. The Morgan fingerprint density at radius 2 is 2.16 bits per heavy atom. The van der Waals surface area contributed by atoms with Crippen molar-refractivity contribution < 1.29 is 14.6 Å². The third-order valence-electron chi connectivity index (χ3n) is 2.82. The normalized spacial score (nSPS) is 10.2. The standard InChI is InChI=1S/C15H17NO3/c1-18-14-5-4-13(11-17)15(9-14)19-8-6-12-3-2-7-16-10-12/h2-5,7,9-10,17H,6,8,11H2,1H3. The van der Waals surface area contributed by atoms with Crippen LogP contribution in [0.15, 0.2) is 42.7 Å². The summed E-state index contributed by atoms with van der Waals surface area (Å²) < 4.78 is 10.9. The molecule has 2 rings (SSSR count). The maximum absolute atomic E-state index is 9.27. The molecular formula is C15H17NO3. The second-order valence-electron chi connectivity index (χ2n) is 4.09. The molecule has 19 heavy (non-hydrogen) atoms. The van der Waals surface area contributed by atoms with Crippen LogP contribution in [0.1, 0.15) is 11.1 Å². The molecule has 0 aliphatic carbocycles. The van der Waals surface area contributed by atoms with E-state index in [2.05, 4.69) is 4.98 Å². The van der Waals surface area contributed by atoms with Crippen LogP contribution in [-0.4, -0.2) is 23.8 Å². The maximum atomic E-state index is 9.27. The predicted octanol–water partition coefficient (Wildman–Crippen LogP) is 2.20. The van der Waals surface area contributed by atoms with E-state index in [1.54, 1.807) is 31.5 Å². The summed E-state index contributed by atoms with van der Waals surface area (Å²) in [7, 11) is 1.60. The first-order chi connectivity index (χ1) is 9.33. The van der Waals surface area contributed by atoms with Crippen LogP contribution in [0.25, 0.3) is 0 Å². The Bertz CT molecular complexity index is 514. The van der Waals surface area contributed by atoms with Crippen LogP contribution in [-0.2, 0) is 13.0 Å². The summed E-state index contributed by atoms with van der Waals surface area (Å²) in [6.07, 6.45) is 4.34. The van der Waals surface area contributed by atoms with Gasteiger partial charge in [0.05, 0.1) is 20.3 Å². The number of rotatable bonds is 6. The monoisotopic (exact) mass is 259 g/mol. The molecule has 0 radical (unpaired) electrons. The molecule has 0 amide bonds. The fraction of sp³-hybridized carbons (Fsp3) is 0.267. The highest BCUT2D eigenvalue weighted by atomic mass is 16.5. The highest BCUT2D eigenvalue weighted by Gasteiger charge is 2.05. The summed E-state index contributed by atoms with van der Waals surface area (Å²) in [5.41, 5.74) is 1.88. The van der Waals surface area contributed by atoms with Gasteiger partial charge in [-0.15, -0.1) is 0 Å². The minimum Gasteiger partial charge on any atom is -0.497 e. The van der Waals surface area contributed by atoms with E-state index in [-0.39, 0.29) is 6.61 Å². The second kappa shape index (κ2) is 6.75. The first-order valence-electron chi connectivity index (χ1n) is 6.13. The zero-order valence-corrected chi connectivity index (χ0v) is 10.9. The molecule has 0 atom stereocenters. The average Bonchev–Trinajstić information content (AvgIpc) is 2.48. The van der Waals surface area contributed by atoms with Gasteiger partial charge in [-0.2, -0.15) is 0 Å². The zero-order valence-electron chi connectivity index (χ0n) is 10.9. The van der Waals surface area contributed by atoms with Gasteiger partial charge in [0.15, 0.2) is 0 Å². The van der Waals surface area contributed by atoms with E-state index in [1.165, 1.54) is 0 Å². The predicted molar refractivity (Wildman–Crippen MR) is 72.4 cm³/mol. The third-order valence-corrected chi connectivity index (χ3v) is 2.82. The Morgan fingerprint density at radius 3 is 2.84 bits per heavy atom. The van der Waals surface area contributed by atoms with E-state index in [4.69, 9.17) is 9.47 Å². The van der Waals surface area contributed by atoms with Crippen LogP contribution >= 0.6 is 0 Å². The van der Waals surface area contributed by atoms with Crippen LogP contribution in [0.2, 0.25) is 0 Å². The maximum Gasteiger partial charge on any atom is 0.128 e. The van der Waals surface area contributed by atoms with E-state index < -0.39 is 0 Å². The van der Waals surface area contributed by atoms with Crippen LogP contribution in [0.5, 0.6) is 11.5 Å². The molecule has 4 nitrogen and oxygen atoms in total. The van der Waals surface area contributed by atoms with Crippen LogP contribution < -0.4 is 9.47 Å². The molecule has 0 aliphatic rings. The van der Waals surface area contributed by atoms with Crippen molar-refractivity contribution in [3.63, 3.8) is 0 Å². The first kappa shape index (κ1) is 13.4. The van der Waals surface area contributed by atoms with Crippen molar-refractivity contribution in [3.05, 3.63) is 53.9 Å². The second-order valence-corrected chi connectivity index (χ2v) is 4.09. The highest BCUT2D eigenvalue weighted by Crippen LogP contribution is 2.25. The molecular weight excluding hydrogens is 242 g/mol. The number of aliphatic hydroxyl groups is 1. The van der Waals surface area contributed by atoms with Crippen LogP contribution in [0.4, 0.5) is 0 Å². The molecule has 1 heterocycles. The van der Waals surface area contributed by atoms with Crippen molar-refractivity contribution in [2.45, 2.75) is 13.0 Å². The minimum atomic E-state index is -0.0494. The first-order valence-corrected chi connectivity index (χ1v) is 6.13. The lowest BCUT2D eigenvalue weighted by Gasteiger charge is -2.11. The fourth-order valence-electron chi connectivity index (χ4n) is 1.75. The number of hydrogen-bond acceptors (Lipinski definition) is 4. The van der Waals surface area contributed by atoms with Gasteiger partial charge in [-0.25, -0.2) is 0 Å². The Kier molecular flexibility index (Phi) is 4.75. The topological polar surface area (TPSA) is 51.6 Å². The van der Waals surface area contributed by atoms with Gasteiger partial charge in [-0.05, 0) is 23.8 Å². The molecule has 2 aromatic rings. The number of aromatic nitrogens is 1. The SMILES string of the molecule is COc1ccc(CO)c(OCCc2cccnc2)c1. The van der Waals surface area contributed by atoms with Gasteiger partial charge in [0.25, 0.3) is 0 Å². The van der Waals surface area contributed by atoms with Crippen molar-refractivity contribution in [3.8, 4) is 11.5 Å². The van der Waals surface area contributed by atoms with Gasteiger partial charge in [-0.3, -0.25) is 4.98 Å². The molecule has 1 aromatic heterocycles. The van der Waals surface area contributed by atoms with Crippen molar-refractivity contribution in [2.75, 3.05) is 13.7 Å². The number of pyridine rings is 1. The number of aliphatic hydroxyl groups excluding tert-OH is 1. The summed E-state index contributed by atoms with van der Waals surface area (Å²) >= 11 is 0. The number of ether oxygens (including phenoxy) is 2. The minimum absolute atomic E-state index is 0.0494. The lowest BCUT2D eigenvalue weighted by atomic mass is 10.2. The summed E-state index contributed by atoms with van der Waals surface area (Å²) in [6, 6.07) is 9.31. The van der Waals surface area contributed by atoms with E-state index in [0.29, 0.717) is 18.1 Å². The van der Waals surface area contributed by atoms with E-state index in [9.17, 15) is 5.11 Å². The van der Waals surface area contributed by atoms with Gasteiger partial charge in [0.2, 0.25) is 0 Å². The summed E-state index contributed by atoms with van der Waals surface area (Å²) in [6.45, 7) is 0.484. The molecule has 0 spiro atoms. The van der Waals surface area contributed by atoms with Crippen molar-refractivity contribution in [1.29, 1.82) is 0 Å². The van der Waals surface area contributed by atoms with Crippen LogP contribution in [0.3, 0.4) is 0 Å². The van der Waals surface area contributed by atoms with E-state index in [0.717, 1.165) is 17.5 Å². The van der Waals surface area contributed by atoms with Crippen LogP contribution in [0, 0.1) is 0 Å². The Labute approximate surface area is 112 Å². The number of methoxy groups -OCH3 is 1. The third kappa shape index (κ3) is 3.69. The Balaban J connectivity index is 1.98. The van der Waals surface area contributed by atoms with Gasteiger partial charge in [0.1, 0.15) is 11.5 Å². The lowest BCUT2D eigenvalue weighted by Crippen LogP contribution is -2.04. The quantitative estimate of drug-likeness (QED) is 0.864. The number of hydrogen-bond donors (Lipinski definition) is 1. The van der Waals surface area contributed by atoms with Gasteiger partial charge < -0.3 is 14.6 Å². The molecule has 0 saturated heterocycles. The summed E-state index contributed by atoms with van der Waals surface area (Å²) in [5, 5.41) is 9.27. The zero-order chi connectivity index (χ0) is 13.5. The molecule has 0 bridgehead atoms. The molecule has 0 aliphatic heterocycles. The molecule has 0 unspecified atom stereocenters. The van der Waals surface area contributed by atoms with Gasteiger partial charge in [-0.1, -0.05) is 6.07 Å². The van der Waals surface area contributed by atoms with Gasteiger partial charge >= 0.3 is 0 Å². The van der Waals surface area contributed by atoms with E-state index in [1.807, 2.05) is 18.3 Å².